The third-order valence-corrected chi connectivity index (χ3v) is 7.20. The molecule has 0 amide bonds. The van der Waals surface area contributed by atoms with Crippen molar-refractivity contribution < 1.29 is 9.53 Å². The van der Waals surface area contributed by atoms with Gasteiger partial charge in [-0.3, -0.25) is 0 Å². The molecule has 0 unspecified atom stereocenters. The number of nitrogens with zero attached hydrogens (tertiary/aromatic N) is 5. The monoisotopic (exact) mass is 431 g/mol. The van der Waals surface area contributed by atoms with Gasteiger partial charge < -0.3 is 14.5 Å². The predicted molar refractivity (Wildman–Crippen MR) is 119 cm³/mol. The molecule has 0 saturated carbocycles. The van der Waals surface area contributed by atoms with Crippen LogP contribution in [0.15, 0.2) is 5.38 Å². The summed E-state index contributed by atoms with van der Waals surface area (Å²) in [4.78, 5) is 32.6. The first-order valence-electron chi connectivity index (χ1n) is 9.84. The van der Waals surface area contributed by atoms with Gasteiger partial charge in [-0.1, -0.05) is 0 Å². The zero-order valence-corrected chi connectivity index (χ0v) is 18.8. The standard InChI is InChI=1S/C20H25N5O2S2/c1-5-27-19(26)16-13(3)15-17(22-14(4)23-18(15)29-16)24-7-6-8-25(10-9-24)20-21-12(2)11-28-20/h11H,5-10H2,1-4H3. The van der Waals surface area contributed by atoms with Gasteiger partial charge in [0.15, 0.2) is 5.13 Å². The van der Waals surface area contributed by atoms with Gasteiger partial charge in [0, 0.05) is 31.6 Å². The van der Waals surface area contributed by atoms with Gasteiger partial charge in [-0.2, -0.15) is 0 Å². The normalized spacial score (nSPS) is 15.0. The molecular formula is C20H25N5O2S2. The number of carbonyl (C=O) groups is 1. The Morgan fingerprint density at radius 3 is 2.59 bits per heavy atom. The molecule has 0 atom stereocenters. The van der Waals surface area contributed by atoms with Crippen LogP contribution in [0.5, 0.6) is 0 Å². The zero-order chi connectivity index (χ0) is 20.5. The highest BCUT2D eigenvalue weighted by atomic mass is 32.1. The van der Waals surface area contributed by atoms with E-state index in [1.807, 2.05) is 27.7 Å². The van der Waals surface area contributed by atoms with E-state index in [2.05, 4.69) is 25.1 Å². The Kier molecular flexibility index (Phi) is 5.69. The van der Waals surface area contributed by atoms with Crippen LogP contribution in [0, 0.1) is 20.8 Å². The predicted octanol–water partition coefficient (Wildman–Crippen LogP) is 3.97. The van der Waals surface area contributed by atoms with Crippen molar-refractivity contribution in [1.29, 1.82) is 0 Å². The van der Waals surface area contributed by atoms with E-state index in [0.29, 0.717) is 11.5 Å². The molecular weight excluding hydrogens is 406 g/mol. The van der Waals surface area contributed by atoms with Crippen molar-refractivity contribution in [3.8, 4) is 0 Å². The second-order valence-electron chi connectivity index (χ2n) is 7.15. The molecule has 0 spiro atoms. The van der Waals surface area contributed by atoms with Crippen molar-refractivity contribution in [2.75, 3.05) is 42.6 Å². The van der Waals surface area contributed by atoms with Gasteiger partial charge in [0.2, 0.25) is 0 Å². The lowest BCUT2D eigenvalue weighted by atomic mass is 10.2. The SMILES string of the molecule is CCOC(=O)c1sc2nc(C)nc(N3CCCN(c4nc(C)cs4)CC3)c2c1C. The molecule has 0 aromatic carbocycles. The number of fused-ring (bicyclic) bond motifs is 1. The van der Waals surface area contributed by atoms with Gasteiger partial charge >= 0.3 is 5.97 Å². The van der Waals surface area contributed by atoms with Crippen LogP contribution in [-0.2, 0) is 4.74 Å². The molecule has 1 aliphatic heterocycles. The van der Waals surface area contributed by atoms with Crippen LogP contribution in [0.25, 0.3) is 10.2 Å². The second-order valence-corrected chi connectivity index (χ2v) is 8.99. The molecule has 3 aromatic rings. The molecule has 154 valence electrons. The molecule has 1 saturated heterocycles. The molecule has 0 radical (unpaired) electrons. The van der Waals surface area contributed by atoms with Crippen LogP contribution in [0.2, 0.25) is 0 Å². The molecule has 1 fully saturated rings. The number of rotatable bonds is 4. The summed E-state index contributed by atoms with van der Waals surface area (Å²) < 4.78 is 5.24. The van der Waals surface area contributed by atoms with Crippen LogP contribution in [0.3, 0.4) is 0 Å². The van der Waals surface area contributed by atoms with E-state index in [9.17, 15) is 4.79 Å². The van der Waals surface area contributed by atoms with Gasteiger partial charge in [0.25, 0.3) is 0 Å². The third kappa shape index (κ3) is 3.93. The van der Waals surface area contributed by atoms with Gasteiger partial charge in [0.1, 0.15) is 21.3 Å². The molecule has 3 aromatic heterocycles. The van der Waals surface area contributed by atoms with Crippen molar-refractivity contribution in [2.24, 2.45) is 0 Å². The molecule has 29 heavy (non-hydrogen) atoms. The van der Waals surface area contributed by atoms with E-state index >= 15 is 0 Å². The quantitative estimate of drug-likeness (QED) is 0.579. The smallest absolute Gasteiger partial charge is 0.348 e. The van der Waals surface area contributed by atoms with Gasteiger partial charge in [-0.05, 0) is 39.7 Å². The molecule has 1 aliphatic rings. The minimum absolute atomic E-state index is 0.280. The number of thiazole rings is 1. The van der Waals surface area contributed by atoms with Crippen molar-refractivity contribution >= 4 is 49.8 Å². The fraction of sp³-hybridized carbons (Fsp3) is 0.500. The maximum atomic E-state index is 12.4. The molecule has 4 rings (SSSR count). The molecule has 9 heteroatoms. The summed E-state index contributed by atoms with van der Waals surface area (Å²) in [6.07, 6.45) is 1.02. The first-order chi connectivity index (χ1) is 14.0. The van der Waals surface area contributed by atoms with E-state index in [0.717, 1.165) is 70.8 Å². The third-order valence-electron chi connectivity index (χ3n) is 5.02. The first kappa shape index (κ1) is 20.0. The van der Waals surface area contributed by atoms with Crippen LogP contribution >= 0.6 is 22.7 Å². The van der Waals surface area contributed by atoms with Crippen LogP contribution in [0.1, 0.15) is 40.1 Å². The lowest BCUT2D eigenvalue weighted by molar-refractivity contribution is 0.0531. The number of hydrogen-bond acceptors (Lipinski definition) is 9. The Balaban J connectivity index is 1.67. The lowest BCUT2D eigenvalue weighted by Gasteiger charge is -2.23. The van der Waals surface area contributed by atoms with Crippen molar-refractivity contribution in [3.63, 3.8) is 0 Å². The number of thiophene rings is 1. The molecule has 0 N–H and O–H groups in total. The summed E-state index contributed by atoms with van der Waals surface area (Å²) in [7, 11) is 0. The Morgan fingerprint density at radius 2 is 1.86 bits per heavy atom. The highest BCUT2D eigenvalue weighted by molar-refractivity contribution is 7.20. The Morgan fingerprint density at radius 1 is 1.10 bits per heavy atom. The number of anilines is 2. The summed E-state index contributed by atoms with van der Waals surface area (Å²) in [5.41, 5.74) is 1.98. The number of aryl methyl sites for hydroxylation is 3. The minimum atomic E-state index is -0.280. The summed E-state index contributed by atoms with van der Waals surface area (Å²) >= 11 is 3.10. The fourth-order valence-electron chi connectivity index (χ4n) is 3.65. The molecule has 0 bridgehead atoms. The van der Waals surface area contributed by atoms with Crippen LogP contribution < -0.4 is 9.80 Å². The van der Waals surface area contributed by atoms with Crippen molar-refractivity contribution in [1.82, 2.24) is 15.0 Å². The average molecular weight is 432 g/mol. The molecule has 7 nitrogen and oxygen atoms in total. The number of aromatic nitrogens is 3. The summed E-state index contributed by atoms with van der Waals surface area (Å²) in [6.45, 7) is 11.7. The van der Waals surface area contributed by atoms with E-state index in [-0.39, 0.29) is 5.97 Å². The highest BCUT2D eigenvalue weighted by Gasteiger charge is 2.25. The van der Waals surface area contributed by atoms with Crippen LogP contribution in [0.4, 0.5) is 10.9 Å². The number of carbonyl (C=O) groups excluding carboxylic acids is 1. The maximum Gasteiger partial charge on any atom is 0.348 e. The number of hydrogen-bond donors (Lipinski definition) is 0. The second kappa shape index (κ2) is 8.23. The number of ether oxygens (including phenoxy) is 1. The Bertz CT molecular complexity index is 1050. The summed E-state index contributed by atoms with van der Waals surface area (Å²) in [5, 5.41) is 4.16. The Hall–Kier alpha value is -2.26. The van der Waals surface area contributed by atoms with E-state index < -0.39 is 0 Å². The maximum absolute atomic E-state index is 12.4. The van der Waals surface area contributed by atoms with Gasteiger partial charge in [-0.25, -0.2) is 19.7 Å². The fourth-order valence-corrected chi connectivity index (χ4v) is 5.62. The van der Waals surface area contributed by atoms with Crippen molar-refractivity contribution in [3.05, 3.63) is 27.3 Å². The first-order valence-corrected chi connectivity index (χ1v) is 11.5. The molecule has 4 heterocycles. The average Bonchev–Trinajstić information content (AvgIpc) is 3.15. The van der Waals surface area contributed by atoms with E-state index in [1.54, 1.807) is 11.3 Å². The lowest BCUT2D eigenvalue weighted by Crippen LogP contribution is -2.31. The minimum Gasteiger partial charge on any atom is -0.462 e. The summed E-state index contributed by atoms with van der Waals surface area (Å²) in [6, 6.07) is 0. The Labute approximate surface area is 178 Å². The van der Waals surface area contributed by atoms with Gasteiger partial charge in [0.05, 0.1) is 17.7 Å². The topological polar surface area (TPSA) is 71.5 Å². The number of esters is 1. The van der Waals surface area contributed by atoms with Gasteiger partial charge in [-0.15, -0.1) is 22.7 Å². The summed E-state index contributed by atoms with van der Waals surface area (Å²) in [5.74, 6) is 1.37. The zero-order valence-electron chi connectivity index (χ0n) is 17.2. The van der Waals surface area contributed by atoms with E-state index in [4.69, 9.17) is 9.72 Å². The van der Waals surface area contributed by atoms with E-state index in [1.165, 1.54) is 11.3 Å². The van der Waals surface area contributed by atoms with Crippen LogP contribution in [-0.4, -0.2) is 53.7 Å². The highest BCUT2D eigenvalue weighted by Crippen LogP contribution is 2.36. The molecule has 0 aliphatic carbocycles. The largest absolute Gasteiger partial charge is 0.462 e. The van der Waals surface area contributed by atoms with Crippen molar-refractivity contribution in [2.45, 2.75) is 34.1 Å².